The van der Waals surface area contributed by atoms with E-state index in [1.807, 2.05) is 30.3 Å². The van der Waals surface area contributed by atoms with Crippen LogP contribution in [0, 0.1) is 0 Å². The molecule has 216 valence electrons. The lowest BCUT2D eigenvalue weighted by atomic mass is 9.89. The van der Waals surface area contributed by atoms with Crippen molar-refractivity contribution in [3.8, 4) is 5.75 Å². The number of nitrogens with zero attached hydrogens (tertiary/aromatic N) is 3. The van der Waals surface area contributed by atoms with Crippen molar-refractivity contribution in [2.45, 2.75) is 44.2 Å². The normalized spacial score (nSPS) is 20.7. The van der Waals surface area contributed by atoms with Gasteiger partial charge in [-0.1, -0.05) is 46.1 Å². The maximum absolute atomic E-state index is 14.0. The summed E-state index contributed by atoms with van der Waals surface area (Å²) in [4.78, 5) is 24.0. The molecular formula is C33H32BrClN4O2S. The van der Waals surface area contributed by atoms with Crippen molar-refractivity contribution in [1.82, 2.24) is 14.8 Å². The topological polar surface area (TPSA) is 51.8 Å². The molecule has 4 heterocycles. The molecule has 1 amide bonds. The van der Waals surface area contributed by atoms with Crippen molar-refractivity contribution in [3.63, 3.8) is 0 Å². The van der Waals surface area contributed by atoms with Gasteiger partial charge >= 0.3 is 0 Å². The van der Waals surface area contributed by atoms with E-state index in [0.717, 1.165) is 56.6 Å². The number of piperidine rings is 1. The number of hydrogen-bond acceptors (Lipinski definition) is 4. The molecule has 7 rings (SSSR count). The molecule has 3 aliphatic rings. The van der Waals surface area contributed by atoms with Gasteiger partial charge in [-0.25, -0.2) is 0 Å². The van der Waals surface area contributed by atoms with E-state index in [1.165, 1.54) is 32.4 Å². The van der Waals surface area contributed by atoms with Crippen LogP contribution in [0.5, 0.6) is 5.75 Å². The van der Waals surface area contributed by atoms with E-state index >= 15 is 0 Å². The Labute approximate surface area is 264 Å². The molecule has 0 bridgehead atoms. The quantitative estimate of drug-likeness (QED) is 0.164. The van der Waals surface area contributed by atoms with Crippen molar-refractivity contribution in [2.24, 2.45) is 0 Å². The number of likely N-dealkylation sites (tertiary alicyclic amines) is 1. The summed E-state index contributed by atoms with van der Waals surface area (Å²) in [6, 6.07) is 21.2. The highest BCUT2D eigenvalue weighted by Crippen LogP contribution is 2.45. The van der Waals surface area contributed by atoms with E-state index in [1.54, 1.807) is 17.0 Å². The smallest absolute Gasteiger partial charge is 0.256 e. The fourth-order valence-corrected chi connectivity index (χ4v) is 7.59. The largest absolute Gasteiger partial charge is 0.494 e. The zero-order valence-electron chi connectivity index (χ0n) is 23.2. The van der Waals surface area contributed by atoms with E-state index in [0.29, 0.717) is 23.2 Å². The van der Waals surface area contributed by atoms with Crippen molar-refractivity contribution in [1.29, 1.82) is 0 Å². The number of hydrogen-bond donors (Lipinski definition) is 1. The van der Waals surface area contributed by atoms with Gasteiger partial charge in [0.1, 0.15) is 11.8 Å². The lowest BCUT2D eigenvalue weighted by Gasteiger charge is -2.37. The molecule has 2 unspecified atom stereocenters. The number of amides is 1. The number of carbonyl (C=O) groups excluding carboxylic acids is 1. The van der Waals surface area contributed by atoms with Crippen LogP contribution in [-0.2, 0) is 11.2 Å². The minimum Gasteiger partial charge on any atom is -0.494 e. The molecule has 2 saturated heterocycles. The summed E-state index contributed by atoms with van der Waals surface area (Å²) in [5.41, 5.74) is 5.07. The predicted octanol–water partition coefficient (Wildman–Crippen LogP) is 7.49. The van der Waals surface area contributed by atoms with Crippen LogP contribution < -0.4 is 9.64 Å². The first kappa shape index (κ1) is 27.9. The average Bonchev–Trinajstić information content (AvgIpc) is 3.49. The SMILES string of the molecule is O=C1C2Cc3c([nH]c4ccc(Br)cc34)C(c3ccc(OCCCN4CCCCC4)cc3)N2C(=S)N1c1ccc(Cl)cc1. The Morgan fingerprint density at radius 3 is 2.52 bits per heavy atom. The molecular weight excluding hydrogens is 632 g/mol. The molecule has 1 N–H and O–H groups in total. The number of benzene rings is 3. The minimum atomic E-state index is -0.408. The molecule has 3 aliphatic heterocycles. The third kappa shape index (κ3) is 5.12. The summed E-state index contributed by atoms with van der Waals surface area (Å²) < 4.78 is 7.14. The molecule has 42 heavy (non-hydrogen) atoms. The Kier molecular flexibility index (Phi) is 7.73. The second kappa shape index (κ2) is 11.6. The van der Waals surface area contributed by atoms with Gasteiger partial charge in [-0.2, -0.15) is 0 Å². The fourth-order valence-electron chi connectivity index (χ4n) is 6.68. The van der Waals surface area contributed by atoms with Gasteiger partial charge in [0.15, 0.2) is 5.11 Å². The Balaban J connectivity index is 1.19. The summed E-state index contributed by atoms with van der Waals surface area (Å²) in [5, 5.41) is 2.25. The molecule has 0 spiro atoms. The molecule has 6 nitrogen and oxygen atoms in total. The maximum atomic E-state index is 14.0. The average molecular weight is 664 g/mol. The number of anilines is 1. The Morgan fingerprint density at radius 1 is 1.00 bits per heavy atom. The Bertz CT molecular complexity index is 1630. The van der Waals surface area contributed by atoms with Crippen molar-refractivity contribution in [2.75, 3.05) is 31.1 Å². The molecule has 4 aromatic rings. The van der Waals surface area contributed by atoms with Crippen LogP contribution in [0.15, 0.2) is 71.2 Å². The maximum Gasteiger partial charge on any atom is 0.256 e. The molecule has 1 aromatic heterocycles. The second-order valence-electron chi connectivity index (χ2n) is 11.3. The monoisotopic (exact) mass is 662 g/mol. The van der Waals surface area contributed by atoms with Crippen LogP contribution >= 0.6 is 39.7 Å². The van der Waals surface area contributed by atoms with Gasteiger partial charge in [-0.15, -0.1) is 0 Å². The number of thiocarbonyl (C=S) groups is 1. The minimum absolute atomic E-state index is 0.0176. The van der Waals surface area contributed by atoms with E-state index in [4.69, 9.17) is 28.6 Å². The first-order valence-corrected chi connectivity index (χ1v) is 16.2. The molecule has 2 atom stereocenters. The van der Waals surface area contributed by atoms with E-state index in [-0.39, 0.29) is 11.9 Å². The number of H-pyrrole nitrogens is 1. The molecule has 2 fully saturated rings. The highest BCUT2D eigenvalue weighted by molar-refractivity contribution is 9.10. The number of aromatic amines is 1. The van der Waals surface area contributed by atoms with Gasteiger partial charge in [-0.05, 0) is 110 Å². The summed E-state index contributed by atoms with van der Waals surface area (Å²) in [6.07, 6.45) is 5.56. The first-order valence-electron chi connectivity index (χ1n) is 14.6. The molecule has 3 aromatic carbocycles. The van der Waals surface area contributed by atoms with Crippen molar-refractivity contribution < 1.29 is 9.53 Å². The number of rotatable bonds is 7. The summed E-state index contributed by atoms with van der Waals surface area (Å²) in [7, 11) is 0. The Morgan fingerprint density at radius 2 is 1.76 bits per heavy atom. The van der Waals surface area contributed by atoms with Crippen LogP contribution in [0.3, 0.4) is 0 Å². The molecule has 0 saturated carbocycles. The Hall–Kier alpha value is -2.91. The van der Waals surface area contributed by atoms with Gasteiger partial charge in [0.2, 0.25) is 0 Å². The van der Waals surface area contributed by atoms with Crippen LogP contribution in [0.25, 0.3) is 10.9 Å². The van der Waals surface area contributed by atoms with Gasteiger partial charge in [0.05, 0.1) is 18.3 Å². The highest BCUT2D eigenvalue weighted by Gasteiger charge is 2.51. The molecule has 0 radical (unpaired) electrons. The molecule has 0 aliphatic carbocycles. The van der Waals surface area contributed by atoms with Gasteiger partial charge in [0.25, 0.3) is 5.91 Å². The molecule has 9 heteroatoms. The summed E-state index contributed by atoms with van der Waals surface area (Å²) in [6.45, 7) is 4.20. The predicted molar refractivity (Wildman–Crippen MR) is 176 cm³/mol. The lowest BCUT2D eigenvalue weighted by molar-refractivity contribution is -0.120. The number of aromatic nitrogens is 1. The fraction of sp³-hybridized carbons (Fsp3) is 0.333. The zero-order valence-corrected chi connectivity index (χ0v) is 26.4. The standard InChI is InChI=1S/C33H32BrClN4O2S/c34-22-7-14-28-26(19-22)27-20-29-32(40)38(24-10-8-23(35)9-11-24)33(42)39(29)31(30(27)36-28)21-5-12-25(13-6-21)41-18-4-17-37-15-2-1-3-16-37/h5-14,19,29,31,36H,1-4,15-18,20H2. The van der Waals surface area contributed by atoms with Crippen LogP contribution in [0.2, 0.25) is 5.02 Å². The lowest BCUT2D eigenvalue weighted by Crippen LogP contribution is -2.44. The summed E-state index contributed by atoms with van der Waals surface area (Å²) >= 11 is 15.8. The number of nitrogens with one attached hydrogen (secondary N) is 1. The number of ether oxygens (including phenoxy) is 1. The van der Waals surface area contributed by atoms with Crippen LogP contribution in [-0.4, -0.2) is 58.1 Å². The van der Waals surface area contributed by atoms with E-state index in [9.17, 15) is 4.79 Å². The van der Waals surface area contributed by atoms with Gasteiger partial charge in [0, 0.05) is 39.1 Å². The third-order valence-electron chi connectivity index (χ3n) is 8.72. The number of halogens is 2. The number of fused-ring (bicyclic) bond motifs is 4. The van der Waals surface area contributed by atoms with Gasteiger partial charge < -0.3 is 19.5 Å². The van der Waals surface area contributed by atoms with Gasteiger partial charge in [-0.3, -0.25) is 9.69 Å². The van der Waals surface area contributed by atoms with Crippen LogP contribution in [0.1, 0.15) is 48.5 Å². The zero-order chi connectivity index (χ0) is 28.8. The third-order valence-corrected chi connectivity index (χ3v) is 9.86. The highest BCUT2D eigenvalue weighted by atomic mass is 79.9. The van der Waals surface area contributed by atoms with E-state index < -0.39 is 6.04 Å². The number of carbonyl (C=O) groups is 1. The van der Waals surface area contributed by atoms with Crippen LogP contribution in [0.4, 0.5) is 5.69 Å². The first-order chi connectivity index (χ1) is 20.5. The summed E-state index contributed by atoms with van der Waals surface area (Å²) in [5.74, 6) is 0.837. The van der Waals surface area contributed by atoms with Crippen molar-refractivity contribution >= 4 is 67.4 Å². The van der Waals surface area contributed by atoms with E-state index in [2.05, 4.69) is 55.0 Å². The van der Waals surface area contributed by atoms with Crippen molar-refractivity contribution in [3.05, 3.63) is 93.0 Å². The second-order valence-corrected chi connectivity index (χ2v) is 13.1.